The Hall–Kier alpha value is -2.14. The molecule has 0 atom stereocenters. The van der Waals surface area contributed by atoms with Crippen LogP contribution >= 0.6 is 0 Å². The van der Waals surface area contributed by atoms with E-state index in [1.165, 1.54) is 5.56 Å². The third-order valence-corrected chi connectivity index (χ3v) is 3.62. The largest absolute Gasteiger partial charge is 0.441 e. The first-order chi connectivity index (χ1) is 9.69. The second-order valence-corrected chi connectivity index (χ2v) is 4.95. The van der Waals surface area contributed by atoms with Gasteiger partial charge in [-0.25, -0.2) is 4.98 Å². The first kappa shape index (κ1) is 12.9. The van der Waals surface area contributed by atoms with Crippen molar-refractivity contribution in [1.82, 2.24) is 4.98 Å². The van der Waals surface area contributed by atoms with E-state index in [9.17, 15) is 4.79 Å². The lowest BCUT2D eigenvalue weighted by atomic mass is 9.98. The molecule has 1 amide bonds. The number of oxazole rings is 1. The highest BCUT2D eigenvalue weighted by molar-refractivity contribution is 5.96. The van der Waals surface area contributed by atoms with E-state index in [1.807, 2.05) is 19.2 Å². The summed E-state index contributed by atoms with van der Waals surface area (Å²) in [6, 6.07) is 6.00. The molecule has 1 aliphatic heterocycles. The summed E-state index contributed by atoms with van der Waals surface area (Å²) in [5, 5.41) is 0. The van der Waals surface area contributed by atoms with Crippen LogP contribution in [0, 0.1) is 0 Å². The molecule has 0 radical (unpaired) electrons. The molecule has 2 N–H and O–H groups in total. The summed E-state index contributed by atoms with van der Waals surface area (Å²) in [5.74, 6) is 1.57. The van der Waals surface area contributed by atoms with Crippen molar-refractivity contribution < 1.29 is 9.21 Å². The molecule has 0 spiro atoms. The summed E-state index contributed by atoms with van der Waals surface area (Å²) >= 11 is 0. The predicted octanol–water partition coefficient (Wildman–Crippen LogP) is 1.75. The number of benzene rings is 1. The van der Waals surface area contributed by atoms with Gasteiger partial charge in [0.25, 0.3) is 0 Å². The van der Waals surface area contributed by atoms with Gasteiger partial charge in [-0.2, -0.15) is 0 Å². The highest BCUT2D eigenvalue weighted by Crippen LogP contribution is 2.31. The van der Waals surface area contributed by atoms with Gasteiger partial charge in [0.2, 0.25) is 5.91 Å². The third kappa shape index (κ3) is 2.20. The number of carbonyl (C=O) groups is 1. The van der Waals surface area contributed by atoms with Crippen LogP contribution < -0.4 is 10.6 Å². The summed E-state index contributed by atoms with van der Waals surface area (Å²) in [5.41, 5.74) is 8.63. The van der Waals surface area contributed by atoms with Gasteiger partial charge in [0.1, 0.15) is 0 Å². The predicted molar refractivity (Wildman–Crippen MR) is 76.4 cm³/mol. The maximum absolute atomic E-state index is 11.7. The molecule has 20 heavy (non-hydrogen) atoms. The van der Waals surface area contributed by atoms with Gasteiger partial charge < -0.3 is 15.1 Å². The summed E-state index contributed by atoms with van der Waals surface area (Å²) in [4.78, 5) is 17.6. The minimum absolute atomic E-state index is 0.162. The van der Waals surface area contributed by atoms with Gasteiger partial charge in [-0.1, -0.05) is 0 Å². The Morgan fingerprint density at radius 1 is 1.40 bits per heavy atom. The zero-order chi connectivity index (χ0) is 14.1. The van der Waals surface area contributed by atoms with E-state index in [1.54, 1.807) is 11.1 Å². The van der Waals surface area contributed by atoms with Crippen molar-refractivity contribution in [2.75, 3.05) is 18.5 Å². The summed E-state index contributed by atoms with van der Waals surface area (Å²) in [7, 11) is 1.81. The van der Waals surface area contributed by atoms with Crippen molar-refractivity contribution in [3.63, 3.8) is 0 Å². The SMILES string of the molecule is CN1C(=O)CCc2cc(-c3cnc(CCN)o3)ccc21. The van der Waals surface area contributed by atoms with Crippen LogP contribution in [0.4, 0.5) is 5.69 Å². The fourth-order valence-corrected chi connectivity index (χ4v) is 2.49. The molecule has 3 rings (SSSR count). The van der Waals surface area contributed by atoms with Crippen LogP contribution in [0.5, 0.6) is 0 Å². The maximum Gasteiger partial charge on any atom is 0.227 e. The molecule has 1 aromatic heterocycles. The first-order valence-electron chi connectivity index (χ1n) is 6.73. The molecule has 0 fully saturated rings. The highest BCUT2D eigenvalue weighted by atomic mass is 16.4. The van der Waals surface area contributed by atoms with Crippen LogP contribution in [-0.2, 0) is 17.6 Å². The number of hydrogen-bond donors (Lipinski definition) is 1. The highest BCUT2D eigenvalue weighted by Gasteiger charge is 2.21. The van der Waals surface area contributed by atoms with E-state index < -0.39 is 0 Å². The number of carbonyl (C=O) groups excluding carboxylic acids is 1. The van der Waals surface area contributed by atoms with E-state index in [-0.39, 0.29) is 5.91 Å². The first-order valence-corrected chi connectivity index (χ1v) is 6.73. The van der Waals surface area contributed by atoms with Crippen molar-refractivity contribution in [3.8, 4) is 11.3 Å². The summed E-state index contributed by atoms with van der Waals surface area (Å²) in [6.07, 6.45) is 3.70. The molecule has 0 aliphatic carbocycles. The van der Waals surface area contributed by atoms with Crippen LogP contribution in [0.15, 0.2) is 28.8 Å². The van der Waals surface area contributed by atoms with E-state index in [4.69, 9.17) is 10.2 Å². The molecule has 0 bridgehead atoms. The second-order valence-electron chi connectivity index (χ2n) is 4.95. The lowest BCUT2D eigenvalue weighted by Gasteiger charge is -2.25. The Kier molecular flexibility index (Phi) is 3.28. The number of fused-ring (bicyclic) bond motifs is 1. The van der Waals surface area contributed by atoms with Gasteiger partial charge in [-0.3, -0.25) is 4.79 Å². The van der Waals surface area contributed by atoms with Gasteiger partial charge in [0.05, 0.1) is 6.20 Å². The number of amides is 1. The molecule has 2 aromatic rings. The zero-order valence-electron chi connectivity index (χ0n) is 11.4. The number of anilines is 1. The lowest BCUT2D eigenvalue weighted by molar-refractivity contribution is -0.118. The van der Waals surface area contributed by atoms with Crippen molar-refractivity contribution in [3.05, 3.63) is 35.9 Å². The monoisotopic (exact) mass is 271 g/mol. The van der Waals surface area contributed by atoms with Gasteiger partial charge in [0.15, 0.2) is 11.7 Å². The van der Waals surface area contributed by atoms with Crippen LogP contribution in [0.3, 0.4) is 0 Å². The minimum atomic E-state index is 0.162. The Bertz CT molecular complexity index is 648. The van der Waals surface area contributed by atoms with Gasteiger partial charge in [-0.05, 0) is 30.2 Å². The van der Waals surface area contributed by atoms with E-state index in [0.717, 1.165) is 23.4 Å². The molecular formula is C15H17N3O2. The molecule has 1 aliphatic rings. The number of aromatic nitrogens is 1. The quantitative estimate of drug-likeness (QED) is 0.923. The van der Waals surface area contributed by atoms with Crippen LogP contribution in [0.2, 0.25) is 0 Å². The van der Waals surface area contributed by atoms with E-state index in [2.05, 4.69) is 11.1 Å². The Morgan fingerprint density at radius 3 is 3.05 bits per heavy atom. The molecule has 0 saturated carbocycles. The van der Waals surface area contributed by atoms with Gasteiger partial charge in [0, 0.05) is 37.7 Å². The van der Waals surface area contributed by atoms with Gasteiger partial charge >= 0.3 is 0 Å². The number of nitrogens with two attached hydrogens (primary N) is 1. The third-order valence-electron chi connectivity index (χ3n) is 3.62. The smallest absolute Gasteiger partial charge is 0.227 e. The second kappa shape index (κ2) is 5.09. The zero-order valence-corrected chi connectivity index (χ0v) is 11.4. The van der Waals surface area contributed by atoms with Crippen molar-refractivity contribution in [2.24, 2.45) is 5.73 Å². The molecule has 0 unspecified atom stereocenters. The van der Waals surface area contributed by atoms with Crippen molar-refractivity contribution >= 4 is 11.6 Å². The molecular weight excluding hydrogens is 254 g/mol. The standard InChI is InChI=1S/C15H17N3O2/c1-18-12-4-2-11(8-10(12)3-5-15(18)19)13-9-17-14(20-13)6-7-16/h2,4,8-9H,3,5-7,16H2,1H3. The normalized spacial score (nSPS) is 14.5. The van der Waals surface area contributed by atoms with Crippen molar-refractivity contribution in [2.45, 2.75) is 19.3 Å². The fourth-order valence-electron chi connectivity index (χ4n) is 2.49. The van der Waals surface area contributed by atoms with E-state index in [0.29, 0.717) is 25.3 Å². The molecule has 0 saturated heterocycles. The van der Waals surface area contributed by atoms with Crippen LogP contribution in [-0.4, -0.2) is 24.5 Å². The van der Waals surface area contributed by atoms with Crippen molar-refractivity contribution in [1.29, 1.82) is 0 Å². The van der Waals surface area contributed by atoms with Gasteiger partial charge in [-0.15, -0.1) is 0 Å². The topological polar surface area (TPSA) is 72.4 Å². The number of nitrogens with zero attached hydrogens (tertiary/aromatic N) is 2. The summed E-state index contributed by atoms with van der Waals surface area (Å²) in [6.45, 7) is 0.525. The number of aryl methyl sites for hydroxylation is 1. The molecule has 5 nitrogen and oxygen atoms in total. The Morgan fingerprint density at radius 2 is 2.25 bits per heavy atom. The van der Waals surface area contributed by atoms with Crippen LogP contribution in [0.1, 0.15) is 17.9 Å². The van der Waals surface area contributed by atoms with E-state index >= 15 is 0 Å². The fraction of sp³-hybridized carbons (Fsp3) is 0.333. The molecule has 2 heterocycles. The lowest BCUT2D eigenvalue weighted by Crippen LogP contribution is -2.30. The number of rotatable bonds is 3. The number of hydrogen-bond acceptors (Lipinski definition) is 4. The Balaban J connectivity index is 1.93. The Labute approximate surface area is 117 Å². The molecule has 104 valence electrons. The average molecular weight is 271 g/mol. The average Bonchev–Trinajstić information content (AvgIpc) is 2.92. The minimum Gasteiger partial charge on any atom is -0.441 e. The summed E-state index contributed by atoms with van der Waals surface area (Å²) < 4.78 is 5.68. The molecule has 1 aromatic carbocycles. The van der Waals surface area contributed by atoms with Crippen LogP contribution in [0.25, 0.3) is 11.3 Å². The molecule has 5 heteroatoms. The maximum atomic E-state index is 11.7.